The van der Waals surface area contributed by atoms with Gasteiger partial charge in [-0.3, -0.25) is 0 Å². The molecule has 0 aliphatic heterocycles. The Balaban J connectivity index is 2.75. The minimum atomic E-state index is -0.881. The van der Waals surface area contributed by atoms with E-state index in [1.54, 1.807) is 12.1 Å². The van der Waals surface area contributed by atoms with Crippen LogP contribution in [-0.2, 0) is 0 Å². The first-order valence-electron chi connectivity index (χ1n) is 5.05. The molecular formula is C12H17NO2. The van der Waals surface area contributed by atoms with E-state index in [1.165, 1.54) is 0 Å². The van der Waals surface area contributed by atoms with Crippen molar-refractivity contribution in [1.29, 1.82) is 0 Å². The van der Waals surface area contributed by atoms with Gasteiger partial charge in [0.15, 0.2) is 0 Å². The first-order valence-corrected chi connectivity index (χ1v) is 5.05. The Kier molecular flexibility index (Phi) is 3.72. The molecule has 1 rings (SSSR count). The van der Waals surface area contributed by atoms with E-state index >= 15 is 0 Å². The Morgan fingerprint density at radius 2 is 1.87 bits per heavy atom. The molecule has 0 aliphatic carbocycles. The summed E-state index contributed by atoms with van der Waals surface area (Å²) in [6.07, 6.45) is 0. The van der Waals surface area contributed by atoms with E-state index in [4.69, 9.17) is 5.11 Å². The average Bonchev–Trinajstić information content (AvgIpc) is 2.17. The number of carboxylic acids is 1. The van der Waals surface area contributed by atoms with Gasteiger partial charge in [0, 0.05) is 19.3 Å². The van der Waals surface area contributed by atoms with Crippen LogP contribution in [0.4, 0.5) is 5.69 Å². The number of aromatic carboxylic acids is 1. The van der Waals surface area contributed by atoms with Gasteiger partial charge in [-0.2, -0.15) is 0 Å². The molecular weight excluding hydrogens is 190 g/mol. The Hall–Kier alpha value is -1.51. The van der Waals surface area contributed by atoms with Gasteiger partial charge in [-0.1, -0.05) is 13.8 Å². The van der Waals surface area contributed by atoms with Crippen molar-refractivity contribution in [3.8, 4) is 0 Å². The summed E-state index contributed by atoms with van der Waals surface area (Å²) < 4.78 is 0. The van der Waals surface area contributed by atoms with Crippen LogP contribution in [0.1, 0.15) is 24.2 Å². The van der Waals surface area contributed by atoms with E-state index in [2.05, 4.69) is 18.7 Å². The molecule has 1 N–H and O–H groups in total. The molecule has 0 spiro atoms. The predicted molar refractivity (Wildman–Crippen MR) is 61.5 cm³/mol. The smallest absolute Gasteiger partial charge is 0.335 e. The molecule has 0 unspecified atom stereocenters. The van der Waals surface area contributed by atoms with Gasteiger partial charge in [0.05, 0.1) is 5.56 Å². The maximum absolute atomic E-state index is 10.6. The average molecular weight is 207 g/mol. The first-order chi connectivity index (χ1) is 7.00. The number of nitrogens with zero attached hydrogens (tertiary/aromatic N) is 1. The maximum Gasteiger partial charge on any atom is 0.335 e. The fourth-order valence-electron chi connectivity index (χ4n) is 1.51. The van der Waals surface area contributed by atoms with Crippen molar-refractivity contribution < 1.29 is 9.90 Å². The van der Waals surface area contributed by atoms with E-state index in [0.29, 0.717) is 11.5 Å². The molecule has 0 saturated heterocycles. The van der Waals surface area contributed by atoms with Crippen molar-refractivity contribution in [3.63, 3.8) is 0 Å². The lowest BCUT2D eigenvalue weighted by Crippen LogP contribution is -2.22. The van der Waals surface area contributed by atoms with E-state index < -0.39 is 5.97 Å². The molecule has 0 heterocycles. The van der Waals surface area contributed by atoms with Crippen LogP contribution in [0.15, 0.2) is 24.3 Å². The van der Waals surface area contributed by atoms with Crippen molar-refractivity contribution in [1.82, 2.24) is 0 Å². The zero-order chi connectivity index (χ0) is 11.4. The zero-order valence-electron chi connectivity index (χ0n) is 9.40. The van der Waals surface area contributed by atoms with Crippen molar-refractivity contribution in [2.24, 2.45) is 5.92 Å². The molecule has 0 aliphatic rings. The van der Waals surface area contributed by atoms with E-state index in [0.717, 1.165) is 12.2 Å². The van der Waals surface area contributed by atoms with Gasteiger partial charge in [-0.25, -0.2) is 4.79 Å². The van der Waals surface area contributed by atoms with Crippen molar-refractivity contribution >= 4 is 11.7 Å². The monoisotopic (exact) mass is 207 g/mol. The molecule has 1 aromatic rings. The van der Waals surface area contributed by atoms with Crippen LogP contribution < -0.4 is 4.90 Å². The summed E-state index contributed by atoms with van der Waals surface area (Å²) in [4.78, 5) is 12.8. The zero-order valence-corrected chi connectivity index (χ0v) is 9.40. The summed E-state index contributed by atoms with van der Waals surface area (Å²) in [5, 5.41) is 8.75. The molecule has 0 fully saturated rings. The molecule has 0 aromatic heterocycles. The van der Waals surface area contributed by atoms with Gasteiger partial charge in [-0.15, -0.1) is 0 Å². The van der Waals surface area contributed by atoms with Crippen molar-refractivity contribution in [3.05, 3.63) is 29.8 Å². The summed E-state index contributed by atoms with van der Waals surface area (Å²) in [5.74, 6) is -0.290. The largest absolute Gasteiger partial charge is 0.478 e. The van der Waals surface area contributed by atoms with Gasteiger partial charge < -0.3 is 10.0 Å². The topological polar surface area (TPSA) is 40.5 Å². The third kappa shape index (κ3) is 3.27. The second-order valence-electron chi connectivity index (χ2n) is 4.13. The lowest BCUT2D eigenvalue weighted by atomic mass is 10.1. The third-order valence-corrected chi connectivity index (χ3v) is 2.19. The molecule has 3 nitrogen and oxygen atoms in total. The third-order valence-electron chi connectivity index (χ3n) is 2.19. The standard InChI is InChI=1S/C12H17NO2/c1-9(2)8-13(3)11-6-4-10(5-7-11)12(14)15/h4-7,9H,8H2,1-3H3,(H,14,15). The van der Waals surface area contributed by atoms with Crippen LogP contribution in [0.2, 0.25) is 0 Å². The number of carbonyl (C=O) groups is 1. The Bertz CT molecular complexity index is 330. The van der Waals surface area contributed by atoms with Crippen LogP contribution in [-0.4, -0.2) is 24.7 Å². The second kappa shape index (κ2) is 4.82. The highest BCUT2D eigenvalue weighted by atomic mass is 16.4. The predicted octanol–water partition coefficient (Wildman–Crippen LogP) is 2.48. The lowest BCUT2D eigenvalue weighted by molar-refractivity contribution is 0.0697. The van der Waals surface area contributed by atoms with Crippen LogP contribution in [0.25, 0.3) is 0 Å². The Labute approximate surface area is 90.3 Å². The highest BCUT2D eigenvalue weighted by Crippen LogP contribution is 2.15. The fourth-order valence-corrected chi connectivity index (χ4v) is 1.51. The maximum atomic E-state index is 10.6. The van der Waals surface area contributed by atoms with Gasteiger partial charge in [0.25, 0.3) is 0 Å². The number of rotatable bonds is 4. The number of hydrogen-bond acceptors (Lipinski definition) is 2. The molecule has 15 heavy (non-hydrogen) atoms. The molecule has 0 amide bonds. The van der Waals surface area contributed by atoms with Gasteiger partial charge in [0.2, 0.25) is 0 Å². The molecule has 0 bridgehead atoms. The minimum absolute atomic E-state index is 0.330. The first kappa shape index (κ1) is 11.6. The molecule has 0 atom stereocenters. The summed E-state index contributed by atoms with van der Waals surface area (Å²) >= 11 is 0. The molecule has 3 heteroatoms. The van der Waals surface area contributed by atoms with Crippen molar-refractivity contribution in [2.45, 2.75) is 13.8 Å². The number of carboxylic acid groups (broad SMARTS) is 1. The van der Waals surface area contributed by atoms with E-state index in [1.807, 2.05) is 19.2 Å². The summed E-state index contributed by atoms with van der Waals surface area (Å²) in [5.41, 5.74) is 1.38. The van der Waals surface area contributed by atoms with Crippen LogP contribution in [0.3, 0.4) is 0 Å². The van der Waals surface area contributed by atoms with E-state index in [-0.39, 0.29) is 0 Å². The minimum Gasteiger partial charge on any atom is -0.478 e. The summed E-state index contributed by atoms with van der Waals surface area (Å²) in [6, 6.07) is 6.95. The molecule has 0 saturated carbocycles. The lowest BCUT2D eigenvalue weighted by Gasteiger charge is -2.21. The number of benzene rings is 1. The molecule has 1 aromatic carbocycles. The van der Waals surface area contributed by atoms with Crippen LogP contribution >= 0.6 is 0 Å². The Morgan fingerprint density at radius 1 is 1.33 bits per heavy atom. The van der Waals surface area contributed by atoms with Gasteiger partial charge >= 0.3 is 5.97 Å². The second-order valence-corrected chi connectivity index (χ2v) is 4.13. The molecule has 0 radical (unpaired) electrons. The van der Waals surface area contributed by atoms with Gasteiger partial charge in [0.1, 0.15) is 0 Å². The van der Waals surface area contributed by atoms with Gasteiger partial charge in [-0.05, 0) is 30.2 Å². The number of hydrogen-bond donors (Lipinski definition) is 1. The highest BCUT2D eigenvalue weighted by Gasteiger charge is 2.05. The normalized spacial score (nSPS) is 10.4. The Morgan fingerprint density at radius 3 is 2.27 bits per heavy atom. The summed E-state index contributed by atoms with van der Waals surface area (Å²) in [6.45, 7) is 5.27. The number of anilines is 1. The van der Waals surface area contributed by atoms with E-state index in [9.17, 15) is 4.79 Å². The SMILES string of the molecule is CC(C)CN(C)c1ccc(C(=O)O)cc1. The highest BCUT2D eigenvalue weighted by molar-refractivity contribution is 5.88. The van der Waals surface area contributed by atoms with Crippen LogP contribution in [0, 0.1) is 5.92 Å². The van der Waals surface area contributed by atoms with Crippen molar-refractivity contribution in [2.75, 3.05) is 18.5 Å². The van der Waals surface area contributed by atoms with Crippen LogP contribution in [0.5, 0.6) is 0 Å². The summed E-state index contributed by atoms with van der Waals surface area (Å²) in [7, 11) is 2.01. The quantitative estimate of drug-likeness (QED) is 0.824. The fraction of sp³-hybridized carbons (Fsp3) is 0.417. The molecule has 82 valence electrons.